The molecule has 0 aliphatic heterocycles. The maximum absolute atomic E-state index is 4.67. The number of pyridine rings is 1. The van der Waals surface area contributed by atoms with Gasteiger partial charge in [-0.2, -0.15) is 0 Å². The number of hydrogen-bond acceptors (Lipinski definition) is 3. The van der Waals surface area contributed by atoms with Crippen molar-refractivity contribution in [2.24, 2.45) is 0 Å². The molecule has 0 aliphatic rings. The van der Waals surface area contributed by atoms with Crippen molar-refractivity contribution in [2.75, 3.05) is 0 Å². The smallest absolute Gasteiger partial charge is 0.0376 e. The van der Waals surface area contributed by atoms with Crippen LogP contribution in [0.15, 0.2) is 97.2 Å². The number of rotatable bonds is 2. The summed E-state index contributed by atoms with van der Waals surface area (Å²) in [6.07, 6.45) is 1.93. The second kappa shape index (κ2) is 8.16. The van der Waals surface area contributed by atoms with E-state index in [1.54, 1.807) is 0 Å². The van der Waals surface area contributed by atoms with Crippen molar-refractivity contribution < 1.29 is 20.1 Å². The minimum Gasteiger partial charge on any atom is -0.305 e. The van der Waals surface area contributed by atoms with Gasteiger partial charge in [-0.25, -0.2) is 0 Å². The molecule has 1 radical (unpaired) electrons. The molecule has 0 atom stereocenters. The maximum Gasteiger partial charge on any atom is 0.0376 e. The van der Waals surface area contributed by atoms with Crippen LogP contribution in [0.4, 0.5) is 0 Å². The van der Waals surface area contributed by atoms with Crippen LogP contribution < -0.4 is 0 Å². The molecule has 0 fully saturated rings. The molecule has 4 heteroatoms. The largest absolute Gasteiger partial charge is 0.305 e. The first-order chi connectivity index (χ1) is 15.9. The van der Waals surface area contributed by atoms with Gasteiger partial charge >= 0.3 is 0 Å². The van der Waals surface area contributed by atoms with Crippen LogP contribution in [0.1, 0.15) is 0 Å². The van der Waals surface area contributed by atoms with Gasteiger partial charge in [-0.05, 0) is 41.1 Å². The fourth-order valence-corrected chi connectivity index (χ4v) is 7.05. The summed E-state index contributed by atoms with van der Waals surface area (Å²) in [5, 5.41) is 5.33. The van der Waals surface area contributed by atoms with Gasteiger partial charge in [-0.1, -0.05) is 42.5 Å². The monoisotopic (exact) mass is 635 g/mol. The van der Waals surface area contributed by atoms with Crippen LogP contribution in [0.5, 0.6) is 0 Å². The van der Waals surface area contributed by atoms with Gasteiger partial charge in [0.15, 0.2) is 0 Å². The molecular weight excluding hydrogens is 619 g/mol. The number of nitrogens with zero attached hydrogens (tertiary/aromatic N) is 1. The SMILES string of the molecule is [Ir].[c-]1ccccc1-c1cc(-c2c3c(cc4sc5ccccc5c24)sc2ccccc23)ccn1. The number of fused-ring (bicyclic) bond motifs is 6. The molecule has 3 heterocycles. The van der Waals surface area contributed by atoms with Crippen molar-refractivity contribution in [3.8, 4) is 22.4 Å². The predicted molar refractivity (Wildman–Crippen MR) is 140 cm³/mol. The van der Waals surface area contributed by atoms with Crippen molar-refractivity contribution in [1.29, 1.82) is 0 Å². The fraction of sp³-hybridized carbons (Fsp3) is 0. The maximum atomic E-state index is 4.67. The van der Waals surface area contributed by atoms with Gasteiger partial charge in [0.05, 0.1) is 0 Å². The van der Waals surface area contributed by atoms with Crippen molar-refractivity contribution in [3.63, 3.8) is 0 Å². The van der Waals surface area contributed by atoms with Crippen molar-refractivity contribution in [1.82, 2.24) is 4.98 Å². The second-order valence-corrected chi connectivity index (χ2v) is 10.1. The molecule has 0 spiro atoms. The van der Waals surface area contributed by atoms with Crippen LogP contribution >= 0.6 is 22.7 Å². The molecule has 4 aromatic carbocycles. The third-order valence-corrected chi connectivity index (χ3v) is 8.28. The summed E-state index contributed by atoms with van der Waals surface area (Å²) in [6.45, 7) is 0. The fourth-order valence-electron chi connectivity index (χ4n) is 4.67. The van der Waals surface area contributed by atoms with Crippen LogP contribution in [0.2, 0.25) is 0 Å². The topological polar surface area (TPSA) is 12.9 Å². The first-order valence-corrected chi connectivity index (χ1v) is 12.2. The Kier molecular flexibility index (Phi) is 5.12. The minimum absolute atomic E-state index is 0. The molecule has 0 N–H and O–H groups in total. The molecular formula is C29H16IrNS2-. The molecule has 0 aliphatic carbocycles. The van der Waals surface area contributed by atoms with Gasteiger partial charge < -0.3 is 4.98 Å². The molecule has 0 amide bonds. The molecule has 1 nitrogen and oxygen atoms in total. The van der Waals surface area contributed by atoms with E-state index in [4.69, 9.17) is 0 Å². The van der Waals surface area contributed by atoms with E-state index >= 15 is 0 Å². The first kappa shape index (κ1) is 20.7. The van der Waals surface area contributed by atoms with Gasteiger partial charge in [0.2, 0.25) is 0 Å². The Morgan fingerprint density at radius 2 is 1.27 bits per heavy atom. The Morgan fingerprint density at radius 1 is 0.636 bits per heavy atom. The first-order valence-electron chi connectivity index (χ1n) is 10.6. The summed E-state index contributed by atoms with van der Waals surface area (Å²) in [6, 6.07) is 35.7. The van der Waals surface area contributed by atoms with E-state index in [0.29, 0.717) is 0 Å². The van der Waals surface area contributed by atoms with E-state index in [9.17, 15) is 0 Å². The van der Waals surface area contributed by atoms with E-state index in [1.165, 1.54) is 51.5 Å². The Bertz CT molecular complexity index is 1690. The molecule has 7 rings (SSSR count). The van der Waals surface area contributed by atoms with Gasteiger partial charge in [0.1, 0.15) is 0 Å². The molecule has 159 valence electrons. The van der Waals surface area contributed by atoms with Crippen molar-refractivity contribution >= 4 is 63.0 Å². The van der Waals surface area contributed by atoms with E-state index < -0.39 is 0 Å². The van der Waals surface area contributed by atoms with Crippen LogP contribution in [0.3, 0.4) is 0 Å². The zero-order valence-corrected chi connectivity index (χ0v) is 21.4. The number of aromatic nitrogens is 1. The molecule has 7 aromatic rings. The van der Waals surface area contributed by atoms with Gasteiger partial charge in [-0.15, -0.1) is 58.6 Å². The summed E-state index contributed by atoms with van der Waals surface area (Å²) < 4.78 is 5.34. The van der Waals surface area contributed by atoms with Gasteiger partial charge in [0.25, 0.3) is 0 Å². The summed E-state index contributed by atoms with van der Waals surface area (Å²) in [4.78, 5) is 4.67. The standard InChI is InChI=1S/C29H16NS2.Ir/c1-2-8-18(9-3-1)22-16-19(14-15-30-22)27-28-20-10-4-6-12-23(20)31-25(28)17-26-29(27)21-11-5-7-13-24(21)32-26;/h1-8,10-17H;/q-1;. The van der Waals surface area contributed by atoms with E-state index in [0.717, 1.165) is 11.3 Å². The quantitative estimate of drug-likeness (QED) is 0.173. The third kappa shape index (κ3) is 3.25. The molecule has 0 saturated heterocycles. The van der Waals surface area contributed by atoms with Crippen molar-refractivity contribution in [2.45, 2.75) is 0 Å². The Hall–Kier alpha value is -2.88. The zero-order valence-electron chi connectivity index (χ0n) is 17.3. The Balaban J connectivity index is 0.00000206. The zero-order chi connectivity index (χ0) is 21.1. The number of benzene rings is 4. The summed E-state index contributed by atoms with van der Waals surface area (Å²) in [5.41, 5.74) is 4.48. The molecule has 33 heavy (non-hydrogen) atoms. The second-order valence-electron chi connectivity index (χ2n) is 7.90. The molecule has 0 saturated carbocycles. The van der Waals surface area contributed by atoms with E-state index in [2.05, 4.69) is 83.8 Å². The van der Waals surface area contributed by atoms with Gasteiger partial charge in [-0.3, -0.25) is 0 Å². The normalized spacial score (nSPS) is 11.4. The average Bonchev–Trinajstić information content (AvgIpc) is 3.41. The van der Waals surface area contributed by atoms with Crippen molar-refractivity contribution in [3.05, 3.63) is 103 Å². The average molecular weight is 635 g/mol. The van der Waals surface area contributed by atoms with E-state index in [1.807, 2.05) is 47.1 Å². The minimum atomic E-state index is 0. The van der Waals surface area contributed by atoms with Crippen LogP contribution in [-0.2, 0) is 20.1 Å². The number of hydrogen-bond donors (Lipinski definition) is 0. The van der Waals surface area contributed by atoms with Gasteiger partial charge in [0, 0.05) is 66.6 Å². The molecule has 0 unspecified atom stereocenters. The summed E-state index contributed by atoms with van der Waals surface area (Å²) in [7, 11) is 0. The predicted octanol–water partition coefficient (Wildman–Crippen LogP) is 8.95. The summed E-state index contributed by atoms with van der Waals surface area (Å²) in [5.74, 6) is 0. The third-order valence-electron chi connectivity index (χ3n) is 6.04. The molecule has 3 aromatic heterocycles. The molecule has 0 bridgehead atoms. The number of thiophene rings is 2. The Morgan fingerprint density at radius 3 is 1.91 bits per heavy atom. The van der Waals surface area contributed by atoms with E-state index in [-0.39, 0.29) is 20.1 Å². The summed E-state index contributed by atoms with van der Waals surface area (Å²) >= 11 is 3.76. The Labute approximate surface area is 212 Å². The van der Waals surface area contributed by atoms with Crippen LogP contribution in [0.25, 0.3) is 62.7 Å². The van der Waals surface area contributed by atoms with Crippen LogP contribution in [-0.4, -0.2) is 4.98 Å². The van der Waals surface area contributed by atoms with Crippen LogP contribution in [0, 0.1) is 6.07 Å².